The number of benzene rings is 1. The van der Waals surface area contributed by atoms with Crippen LogP contribution in [0.25, 0.3) is 0 Å². The minimum absolute atomic E-state index is 0.0192. The molecule has 0 aromatic heterocycles. The first kappa shape index (κ1) is 13.5. The molecule has 1 heterocycles. The highest BCUT2D eigenvalue weighted by Crippen LogP contribution is 2.08. The predicted octanol–water partition coefficient (Wildman–Crippen LogP) is 0.617. The molecule has 5 nitrogen and oxygen atoms in total. The fourth-order valence-corrected chi connectivity index (χ4v) is 2.14. The van der Waals surface area contributed by atoms with Gasteiger partial charge in [-0.25, -0.2) is 0 Å². The van der Waals surface area contributed by atoms with Gasteiger partial charge in [0.05, 0.1) is 0 Å². The Labute approximate surface area is 112 Å². The van der Waals surface area contributed by atoms with E-state index in [1.54, 1.807) is 9.80 Å². The maximum absolute atomic E-state index is 12.2. The third-order valence-corrected chi connectivity index (χ3v) is 3.21. The summed E-state index contributed by atoms with van der Waals surface area (Å²) in [5.41, 5.74) is 0.694. The molecule has 1 fully saturated rings. The average molecular weight is 262 g/mol. The second kappa shape index (κ2) is 6.33. The molecule has 0 atom stereocenters. The van der Waals surface area contributed by atoms with Crippen molar-refractivity contribution in [3.63, 3.8) is 0 Å². The third-order valence-electron chi connectivity index (χ3n) is 3.21. The van der Waals surface area contributed by atoms with E-state index in [0.29, 0.717) is 31.7 Å². The Kier molecular flexibility index (Phi) is 4.52. The molecule has 0 bridgehead atoms. The molecular formula is C14H18N2O3. The monoisotopic (exact) mass is 262 g/mol. The first-order chi connectivity index (χ1) is 9.22. The molecular weight excluding hydrogens is 244 g/mol. The number of piperazine rings is 1. The van der Waals surface area contributed by atoms with Crippen molar-refractivity contribution in [3.05, 3.63) is 35.9 Å². The zero-order chi connectivity index (χ0) is 13.7. The Balaban J connectivity index is 1.90. The van der Waals surface area contributed by atoms with E-state index in [4.69, 9.17) is 4.74 Å². The van der Waals surface area contributed by atoms with Crippen molar-refractivity contribution < 1.29 is 14.3 Å². The highest BCUT2D eigenvalue weighted by Gasteiger charge is 2.24. The molecule has 2 rings (SSSR count). The van der Waals surface area contributed by atoms with E-state index in [0.717, 1.165) is 0 Å². The van der Waals surface area contributed by atoms with Crippen LogP contribution in [0.5, 0.6) is 0 Å². The number of ether oxygens (including phenoxy) is 1. The molecule has 0 radical (unpaired) electrons. The van der Waals surface area contributed by atoms with Gasteiger partial charge in [-0.15, -0.1) is 0 Å². The summed E-state index contributed by atoms with van der Waals surface area (Å²) in [5, 5.41) is 0. The van der Waals surface area contributed by atoms with E-state index in [1.165, 1.54) is 7.11 Å². The second-order valence-electron chi connectivity index (χ2n) is 4.47. The number of carbonyl (C=O) groups is 2. The molecule has 1 saturated heterocycles. The first-order valence-corrected chi connectivity index (χ1v) is 6.33. The molecule has 19 heavy (non-hydrogen) atoms. The van der Waals surface area contributed by atoms with Gasteiger partial charge in [0.15, 0.2) is 0 Å². The van der Waals surface area contributed by atoms with E-state index in [9.17, 15) is 9.59 Å². The molecule has 1 aliphatic rings. The van der Waals surface area contributed by atoms with Crippen LogP contribution in [0.1, 0.15) is 10.4 Å². The van der Waals surface area contributed by atoms with Crippen molar-refractivity contribution >= 4 is 11.8 Å². The maximum Gasteiger partial charge on any atom is 0.253 e. The van der Waals surface area contributed by atoms with Crippen LogP contribution in [0.4, 0.5) is 0 Å². The van der Waals surface area contributed by atoms with Crippen LogP contribution in [0.15, 0.2) is 30.3 Å². The Morgan fingerprint density at radius 3 is 2.21 bits per heavy atom. The molecule has 1 aliphatic heterocycles. The SMILES string of the molecule is COCC(=O)N1CCN(C(=O)c2ccccc2)CC1. The van der Waals surface area contributed by atoms with Crippen LogP contribution in [0, 0.1) is 0 Å². The average Bonchev–Trinajstić information content (AvgIpc) is 2.48. The topological polar surface area (TPSA) is 49.9 Å². The van der Waals surface area contributed by atoms with Gasteiger partial charge in [0.25, 0.3) is 5.91 Å². The minimum Gasteiger partial charge on any atom is -0.375 e. The quantitative estimate of drug-likeness (QED) is 0.802. The van der Waals surface area contributed by atoms with Crippen molar-refractivity contribution in [2.45, 2.75) is 0 Å². The largest absolute Gasteiger partial charge is 0.375 e. The summed E-state index contributed by atoms with van der Waals surface area (Å²) in [6, 6.07) is 9.21. The van der Waals surface area contributed by atoms with Crippen molar-refractivity contribution in [2.24, 2.45) is 0 Å². The molecule has 1 aromatic carbocycles. The first-order valence-electron chi connectivity index (χ1n) is 6.33. The van der Waals surface area contributed by atoms with E-state index >= 15 is 0 Å². The fourth-order valence-electron chi connectivity index (χ4n) is 2.14. The highest BCUT2D eigenvalue weighted by molar-refractivity contribution is 5.94. The van der Waals surface area contributed by atoms with Gasteiger partial charge in [-0.2, -0.15) is 0 Å². The van der Waals surface area contributed by atoms with Gasteiger partial charge >= 0.3 is 0 Å². The number of methoxy groups -OCH3 is 1. The number of rotatable bonds is 3. The van der Waals surface area contributed by atoms with E-state index in [-0.39, 0.29) is 18.4 Å². The van der Waals surface area contributed by atoms with Crippen LogP contribution < -0.4 is 0 Å². The van der Waals surface area contributed by atoms with Gasteiger partial charge in [0, 0.05) is 38.9 Å². The zero-order valence-corrected chi connectivity index (χ0v) is 11.0. The van der Waals surface area contributed by atoms with Gasteiger partial charge < -0.3 is 14.5 Å². The summed E-state index contributed by atoms with van der Waals surface area (Å²) in [4.78, 5) is 27.4. The number of nitrogens with zero attached hydrogens (tertiary/aromatic N) is 2. The molecule has 0 unspecified atom stereocenters. The summed E-state index contributed by atoms with van der Waals surface area (Å²) in [6.45, 7) is 2.39. The van der Waals surface area contributed by atoms with Crippen molar-refractivity contribution in [2.75, 3.05) is 39.9 Å². The lowest BCUT2D eigenvalue weighted by Crippen LogP contribution is -2.51. The number of carbonyl (C=O) groups excluding carboxylic acids is 2. The van der Waals surface area contributed by atoms with Crippen molar-refractivity contribution in [1.29, 1.82) is 0 Å². The van der Waals surface area contributed by atoms with Gasteiger partial charge in [0.2, 0.25) is 5.91 Å². The van der Waals surface area contributed by atoms with Crippen LogP contribution in [-0.4, -0.2) is 61.5 Å². The fraction of sp³-hybridized carbons (Fsp3) is 0.429. The second-order valence-corrected chi connectivity index (χ2v) is 4.47. The van der Waals surface area contributed by atoms with Crippen LogP contribution in [-0.2, 0) is 9.53 Å². The zero-order valence-electron chi connectivity index (χ0n) is 11.0. The number of hydrogen-bond donors (Lipinski definition) is 0. The van der Waals surface area contributed by atoms with E-state index in [2.05, 4.69) is 0 Å². The highest BCUT2D eigenvalue weighted by atomic mass is 16.5. The molecule has 1 aromatic rings. The maximum atomic E-state index is 12.2. The molecule has 2 amide bonds. The van der Waals surface area contributed by atoms with Crippen LogP contribution in [0.2, 0.25) is 0 Å². The molecule has 0 aliphatic carbocycles. The lowest BCUT2D eigenvalue weighted by Gasteiger charge is -2.34. The molecule has 5 heteroatoms. The lowest BCUT2D eigenvalue weighted by molar-refractivity contribution is -0.136. The van der Waals surface area contributed by atoms with E-state index < -0.39 is 0 Å². The minimum atomic E-state index is -0.0192. The van der Waals surface area contributed by atoms with Crippen LogP contribution >= 0.6 is 0 Å². The van der Waals surface area contributed by atoms with Gasteiger partial charge in [-0.05, 0) is 12.1 Å². The molecule has 0 N–H and O–H groups in total. The normalized spacial score (nSPS) is 15.4. The summed E-state index contributed by atoms with van der Waals surface area (Å²) in [7, 11) is 1.51. The molecule has 0 saturated carbocycles. The van der Waals surface area contributed by atoms with Crippen molar-refractivity contribution in [1.82, 2.24) is 9.80 Å². The van der Waals surface area contributed by atoms with Crippen LogP contribution in [0.3, 0.4) is 0 Å². The Bertz CT molecular complexity index is 439. The summed E-state index contributed by atoms with van der Waals surface area (Å²) < 4.78 is 4.83. The predicted molar refractivity (Wildman–Crippen MR) is 70.8 cm³/mol. The number of amides is 2. The Morgan fingerprint density at radius 2 is 1.63 bits per heavy atom. The number of hydrogen-bond acceptors (Lipinski definition) is 3. The summed E-state index contributed by atoms with van der Waals surface area (Å²) in [5.74, 6) is 0.00810. The lowest BCUT2D eigenvalue weighted by atomic mass is 10.2. The standard InChI is InChI=1S/C14H18N2O3/c1-19-11-13(17)15-7-9-16(10-8-15)14(18)12-5-3-2-4-6-12/h2-6H,7-11H2,1H3. The van der Waals surface area contributed by atoms with Gasteiger partial charge in [-0.3, -0.25) is 9.59 Å². The Morgan fingerprint density at radius 1 is 1.05 bits per heavy atom. The van der Waals surface area contributed by atoms with Gasteiger partial charge in [0.1, 0.15) is 6.61 Å². The van der Waals surface area contributed by atoms with E-state index in [1.807, 2.05) is 30.3 Å². The van der Waals surface area contributed by atoms with Crippen molar-refractivity contribution in [3.8, 4) is 0 Å². The molecule has 102 valence electrons. The Hall–Kier alpha value is -1.88. The third kappa shape index (κ3) is 3.32. The molecule has 0 spiro atoms. The summed E-state index contributed by atoms with van der Waals surface area (Å²) in [6.07, 6.45) is 0. The van der Waals surface area contributed by atoms with Gasteiger partial charge in [-0.1, -0.05) is 18.2 Å². The smallest absolute Gasteiger partial charge is 0.253 e. The summed E-state index contributed by atoms with van der Waals surface area (Å²) >= 11 is 0.